The first-order chi connectivity index (χ1) is 13.0. The lowest BCUT2D eigenvalue weighted by atomic mass is 10.1. The number of halogens is 1. The third kappa shape index (κ3) is 7.09. The van der Waals surface area contributed by atoms with E-state index in [2.05, 4.69) is 0 Å². The molecule has 0 saturated heterocycles. The molecule has 0 unspecified atom stereocenters. The molecule has 144 valence electrons. The van der Waals surface area contributed by atoms with E-state index < -0.39 is 5.82 Å². The Kier molecular flexibility index (Phi) is 7.79. The Hall–Kier alpha value is -2.89. The fourth-order valence-electron chi connectivity index (χ4n) is 2.37. The molecule has 0 saturated carbocycles. The van der Waals surface area contributed by atoms with E-state index in [9.17, 15) is 14.0 Å². The number of Topliss-reactive ketones (excluding diaryl/α,β-unsaturated/α-hetero) is 1. The van der Waals surface area contributed by atoms with Crippen molar-refractivity contribution < 1.29 is 28.2 Å². The quantitative estimate of drug-likeness (QED) is 0.591. The molecule has 0 aliphatic heterocycles. The normalized spacial score (nSPS) is 10.3. The highest BCUT2D eigenvalue weighted by Crippen LogP contribution is 2.21. The van der Waals surface area contributed by atoms with Crippen molar-refractivity contribution in [1.82, 2.24) is 0 Å². The Bertz CT molecular complexity index is 788. The topological polar surface area (TPSA) is 61.8 Å². The zero-order valence-electron chi connectivity index (χ0n) is 15.5. The SMILES string of the molecule is CCOC(=O)CCc1ccc(OCc2cccc(OCC(C)=O)c2)c(F)c1. The summed E-state index contributed by atoms with van der Waals surface area (Å²) in [7, 11) is 0. The monoisotopic (exact) mass is 374 g/mol. The lowest BCUT2D eigenvalue weighted by Gasteiger charge is -2.10. The summed E-state index contributed by atoms with van der Waals surface area (Å²) in [6, 6.07) is 11.7. The van der Waals surface area contributed by atoms with Gasteiger partial charge in [0, 0.05) is 6.42 Å². The minimum Gasteiger partial charge on any atom is -0.486 e. The van der Waals surface area contributed by atoms with E-state index in [0.29, 0.717) is 24.3 Å². The summed E-state index contributed by atoms with van der Waals surface area (Å²) >= 11 is 0. The van der Waals surface area contributed by atoms with Gasteiger partial charge in [-0.2, -0.15) is 0 Å². The van der Waals surface area contributed by atoms with E-state index in [-0.39, 0.29) is 37.1 Å². The zero-order chi connectivity index (χ0) is 19.6. The summed E-state index contributed by atoms with van der Waals surface area (Å²) in [6.07, 6.45) is 0.617. The van der Waals surface area contributed by atoms with Crippen molar-refractivity contribution in [3.8, 4) is 11.5 Å². The molecule has 6 heteroatoms. The molecule has 0 spiro atoms. The molecule has 0 fully saturated rings. The van der Waals surface area contributed by atoms with Gasteiger partial charge in [0.2, 0.25) is 0 Å². The average molecular weight is 374 g/mol. The lowest BCUT2D eigenvalue weighted by molar-refractivity contribution is -0.143. The van der Waals surface area contributed by atoms with Crippen LogP contribution in [-0.2, 0) is 27.4 Å². The molecule has 0 atom stereocenters. The molecule has 0 aliphatic carbocycles. The molecule has 2 rings (SSSR count). The van der Waals surface area contributed by atoms with Crippen LogP contribution >= 0.6 is 0 Å². The number of esters is 1. The summed E-state index contributed by atoms with van der Waals surface area (Å²) in [5.74, 6) is -0.168. The lowest BCUT2D eigenvalue weighted by Crippen LogP contribution is -2.07. The number of ketones is 1. The van der Waals surface area contributed by atoms with Gasteiger partial charge in [-0.3, -0.25) is 9.59 Å². The van der Waals surface area contributed by atoms with E-state index in [1.54, 1.807) is 37.3 Å². The molecule has 2 aromatic carbocycles. The number of ether oxygens (including phenoxy) is 3. The van der Waals surface area contributed by atoms with Crippen LogP contribution in [-0.4, -0.2) is 25.0 Å². The van der Waals surface area contributed by atoms with Crippen LogP contribution in [0.2, 0.25) is 0 Å². The van der Waals surface area contributed by atoms with Crippen molar-refractivity contribution in [1.29, 1.82) is 0 Å². The summed E-state index contributed by atoms with van der Waals surface area (Å²) in [5.41, 5.74) is 1.49. The van der Waals surface area contributed by atoms with Gasteiger partial charge in [0.15, 0.2) is 17.3 Å². The van der Waals surface area contributed by atoms with Crippen molar-refractivity contribution in [2.24, 2.45) is 0 Å². The molecule has 27 heavy (non-hydrogen) atoms. The Labute approximate surface area is 158 Å². The standard InChI is InChI=1S/C21H23FO5/c1-3-25-21(24)10-8-16-7-9-20(19(22)12-16)27-14-17-5-4-6-18(11-17)26-13-15(2)23/h4-7,9,11-12H,3,8,10,13-14H2,1-2H3. The zero-order valence-corrected chi connectivity index (χ0v) is 15.5. The largest absolute Gasteiger partial charge is 0.486 e. The molecule has 0 aromatic heterocycles. The van der Waals surface area contributed by atoms with E-state index >= 15 is 0 Å². The Morgan fingerprint density at radius 2 is 1.85 bits per heavy atom. The van der Waals surface area contributed by atoms with Crippen LogP contribution in [0.15, 0.2) is 42.5 Å². The third-order valence-corrected chi connectivity index (χ3v) is 3.65. The van der Waals surface area contributed by atoms with Crippen molar-refractivity contribution in [2.45, 2.75) is 33.3 Å². The number of carbonyl (C=O) groups excluding carboxylic acids is 2. The number of hydrogen-bond acceptors (Lipinski definition) is 5. The smallest absolute Gasteiger partial charge is 0.306 e. The Morgan fingerprint density at radius 1 is 1.04 bits per heavy atom. The van der Waals surface area contributed by atoms with Gasteiger partial charge in [-0.05, 0) is 55.7 Å². The van der Waals surface area contributed by atoms with Crippen LogP contribution in [0, 0.1) is 5.82 Å². The maximum atomic E-state index is 14.2. The summed E-state index contributed by atoms with van der Waals surface area (Å²) in [5, 5.41) is 0. The Morgan fingerprint density at radius 3 is 2.56 bits per heavy atom. The maximum Gasteiger partial charge on any atom is 0.306 e. The van der Waals surface area contributed by atoms with Crippen molar-refractivity contribution in [3.63, 3.8) is 0 Å². The van der Waals surface area contributed by atoms with Gasteiger partial charge in [-0.25, -0.2) is 4.39 Å². The van der Waals surface area contributed by atoms with Gasteiger partial charge in [0.1, 0.15) is 19.0 Å². The number of carbonyl (C=O) groups is 2. The summed E-state index contributed by atoms with van der Waals surface area (Å²) in [4.78, 5) is 22.3. The van der Waals surface area contributed by atoms with Crippen molar-refractivity contribution >= 4 is 11.8 Å². The number of aryl methyl sites for hydroxylation is 1. The van der Waals surface area contributed by atoms with E-state index in [4.69, 9.17) is 14.2 Å². The van der Waals surface area contributed by atoms with Crippen LogP contribution in [0.1, 0.15) is 31.4 Å². The predicted molar refractivity (Wildman–Crippen MR) is 98.3 cm³/mol. The molecule has 0 bridgehead atoms. The Balaban J connectivity index is 1.91. The maximum absolute atomic E-state index is 14.2. The highest BCUT2D eigenvalue weighted by atomic mass is 19.1. The van der Waals surface area contributed by atoms with Gasteiger partial charge in [-0.15, -0.1) is 0 Å². The van der Waals surface area contributed by atoms with Gasteiger partial charge in [0.05, 0.1) is 6.61 Å². The highest BCUT2D eigenvalue weighted by molar-refractivity contribution is 5.77. The fraction of sp³-hybridized carbons (Fsp3) is 0.333. The summed E-state index contributed by atoms with van der Waals surface area (Å²) in [6.45, 7) is 3.70. The molecule has 0 N–H and O–H groups in total. The molecule has 5 nitrogen and oxygen atoms in total. The van der Waals surface area contributed by atoms with E-state index in [1.165, 1.54) is 13.0 Å². The minimum atomic E-state index is -0.486. The second kappa shape index (κ2) is 10.3. The molecule has 0 amide bonds. The number of benzene rings is 2. The molecular formula is C21H23FO5. The van der Waals surface area contributed by atoms with E-state index in [1.807, 2.05) is 6.07 Å². The number of hydrogen-bond donors (Lipinski definition) is 0. The van der Waals surface area contributed by atoms with E-state index in [0.717, 1.165) is 5.56 Å². The third-order valence-electron chi connectivity index (χ3n) is 3.65. The second-order valence-electron chi connectivity index (χ2n) is 6.00. The van der Waals surface area contributed by atoms with Gasteiger partial charge in [-0.1, -0.05) is 18.2 Å². The van der Waals surface area contributed by atoms with Crippen molar-refractivity contribution in [3.05, 3.63) is 59.4 Å². The first kappa shape index (κ1) is 20.4. The van der Waals surface area contributed by atoms with Crippen LogP contribution < -0.4 is 9.47 Å². The molecule has 0 heterocycles. The first-order valence-electron chi connectivity index (χ1n) is 8.76. The highest BCUT2D eigenvalue weighted by Gasteiger charge is 2.08. The van der Waals surface area contributed by atoms with Crippen LogP contribution in [0.5, 0.6) is 11.5 Å². The molecular weight excluding hydrogens is 351 g/mol. The van der Waals surface area contributed by atoms with Crippen LogP contribution in [0.25, 0.3) is 0 Å². The van der Waals surface area contributed by atoms with Crippen molar-refractivity contribution in [2.75, 3.05) is 13.2 Å². The van der Waals surface area contributed by atoms with Crippen LogP contribution in [0.3, 0.4) is 0 Å². The van der Waals surface area contributed by atoms with Crippen LogP contribution in [0.4, 0.5) is 4.39 Å². The first-order valence-corrected chi connectivity index (χ1v) is 8.76. The summed E-state index contributed by atoms with van der Waals surface area (Å²) < 4.78 is 29.9. The van der Waals surface area contributed by atoms with Gasteiger partial charge >= 0.3 is 5.97 Å². The second-order valence-corrected chi connectivity index (χ2v) is 6.00. The minimum absolute atomic E-state index is 0.00615. The molecule has 0 radical (unpaired) electrons. The predicted octanol–water partition coefficient (Wildman–Crippen LogP) is 3.87. The van der Waals surface area contributed by atoms with Gasteiger partial charge in [0.25, 0.3) is 0 Å². The number of rotatable bonds is 10. The van der Waals surface area contributed by atoms with Gasteiger partial charge < -0.3 is 14.2 Å². The molecule has 0 aliphatic rings. The average Bonchev–Trinajstić information content (AvgIpc) is 2.64. The fourth-order valence-corrected chi connectivity index (χ4v) is 2.37. The molecule has 2 aromatic rings.